The van der Waals surface area contributed by atoms with Crippen LogP contribution in [0, 0.1) is 6.42 Å². The summed E-state index contributed by atoms with van der Waals surface area (Å²) in [5, 5.41) is 0. The van der Waals surface area contributed by atoms with Crippen molar-refractivity contribution in [3.8, 4) is 0 Å². The molecular weight excluding hydrogens is 228 g/mol. The van der Waals surface area contributed by atoms with Crippen molar-refractivity contribution in [2.75, 3.05) is 13.2 Å². The van der Waals surface area contributed by atoms with E-state index in [9.17, 15) is 0 Å². The topological polar surface area (TPSA) is 9.23 Å². The summed E-state index contributed by atoms with van der Waals surface area (Å²) in [4.78, 5) is 0. The SMILES string of the molecule is C1CCOC1.[Br-].[CH-]1CCCC1.[Mg+2]. The third kappa shape index (κ3) is 9.30. The molecule has 3 heteroatoms. The van der Waals surface area contributed by atoms with E-state index in [2.05, 4.69) is 6.42 Å². The third-order valence-electron chi connectivity index (χ3n) is 1.89. The van der Waals surface area contributed by atoms with Gasteiger partial charge in [-0.2, -0.15) is 12.8 Å². The Hall–Kier alpha value is 1.21. The van der Waals surface area contributed by atoms with Gasteiger partial charge in [-0.25, -0.2) is 0 Å². The number of hydrogen-bond donors (Lipinski definition) is 0. The van der Waals surface area contributed by atoms with Gasteiger partial charge >= 0.3 is 23.1 Å². The summed E-state index contributed by atoms with van der Waals surface area (Å²) >= 11 is 0. The predicted octanol–water partition coefficient (Wildman–Crippen LogP) is -0.815. The van der Waals surface area contributed by atoms with Crippen molar-refractivity contribution in [3.63, 3.8) is 0 Å². The van der Waals surface area contributed by atoms with Gasteiger partial charge in [-0.1, -0.05) is 12.8 Å². The van der Waals surface area contributed by atoms with Crippen LogP contribution in [0.1, 0.15) is 38.5 Å². The number of halogens is 1. The minimum absolute atomic E-state index is 0. The van der Waals surface area contributed by atoms with Gasteiger partial charge in [0.15, 0.2) is 0 Å². The fourth-order valence-corrected chi connectivity index (χ4v) is 1.23. The van der Waals surface area contributed by atoms with Crippen LogP contribution in [0.2, 0.25) is 0 Å². The zero-order valence-corrected chi connectivity index (χ0v) is 10.7. The molecule has 0 N–H and O–H groups in total. The molecule has 68 valence electrons. The molecule has 0 aromatic heterocycles. The van der Waals surface area contributed by atoms with E-state index in [0.717, 1.165) is 13.2 Å². The fraction of sp³-hybridized carbons (Fsp3) is 0.889. The Bertz CT molecular complexity index is 47.7. The second-order valence-corrected chi connectivity index (χ2v) is 2.89. The summed E-state index contributed by atoms with van der Waals surface area (Å²) in [6, 6.07) is 0. The van der Waals surface area contributed by atoms with Gasteiger partial charge in [-0.15, -0.1) is 0 Å². The van der Waals surface area contributed by atoms with Crippen LogP contribution in [0.15, 0.2) is 0 Å². The summed E-state index contributed by atoms with van der Waals surface area (Å²) in [5.41, 5.74) is 0. The quantitative estimate of drug-likeness (QED) is 0.400. The first-order valence-electron chi connectivity index (χ1n) is 4.39. The first kappa shape index (κ1) is 15.7. The molecule has 12 heavy (non-hydrogen) atoms. The molecule has 0 spiro atoms. The molecule has 0 amide bonds. The molecule has 1 saturated carbocycles. The van der Waals surface area contributed by atoms with Crippen molar-refractivity contribution in [2.24, 2.45) is 0 Å². The van der Waals surface area contributed by atoms with E-state index in [4.69, 9.17) is 4.74 Å². The van der Waals surface area contributed by atoms with Crippen LogP contribution >= 0.6 is 0 Å². The van der Waals surface area contributed by atoms with E-state index in [0.29, 0.717) is 0 Å². The van der Waals surface area contributed by atoms with E-state index in [1.807, 2.05) is 0 Å². The molecular formula is C9H17BrMgO. The molecule has 1 aliphatic heterocycles. The van der Waals surface area contributed by atoms with Crippen molar-refractivity contribution < 1.29 is 21.7 Å². The van der Waals surface area contributed by atoms with E-state index < -0.39 is 0 Å². The maximum absolute atomic E-state index is 4.94. The van der Waals surface area contributed by atoms with Crippen molar-refractivity contribution in [1.29, 1.82) is 0 Å². The molecule has 2 rings (SSSR count). The van der Waals surface area contributed by atoms with Crippen LogP contribution < -0.4 is 17.0 Å². The summed E-state index contributed by atoms with van der Waals surface area (Å²) in [7, 11) is 0. The van der Waals surface area contributed by atoms with Crippen LogP contribution in [0.3, 0.4) is 0 Å². The predicted molar refractivity (Wildman–Crippen MR) is 48.6 cm³/mol. The van der Waals surface area contributed by atoms with Crippen molar-refractivity contribution in [1.82, 2.24) is 0 Å². The Balaban J connectivity index is 0. The zero-order chi connectivity index (χ0) is 7.07. The maximum Gasteiger partial charge on any atom is 2.00 e. The largest absolute Gasteiger partial charge is 2.00 e. The zero-order valence-electron chi connectivity index (χ0n) is 7.73. The van der Waals surface area contributed by atoms with Crippen molar-refractivity contribution >= 4 is 23.1 Å². The molecule has 1 saturated heterocycles. The van der Waals surface area contributed by atoms with Gasteiger partial charge in [0.1, 0.15) is 0 Å². The molecule has 2 fully saturated rings. The van der Waals surface area contributed by atoms with Crippen LogP contribution in [-0.4, -0.2) is 36.3 Å². The smallest absolute Gasteiger partial charge is 1.00 e. The Morgan fingerprint density at radius 1 is 0.833 bits per heavy atom. The molecule has 1 aliphatic carbocycles. The molecule has 1 heterocycles. The first-order chi connectivity index (χ1) is 5.00. The van der Waals surface area contributed by atoms with E-state index >= 15 is 0 Å². The van der Waals surface area contributed by atoms with Gasteiger partial charge in [-0.3, -0.25) is 0 Å². The molecule has 0 radical (unpaired) electrons. The normalized spacial score (nSPS) is 20.0. The molecule has 0 bridgehead atoms. The summed E-state index contributed by atoms with van der Waals surface area (Å²) in [5.74, 6) is 0. The van der Waals surface area contributed by atoms with Crippen LogP contribution in [0.4, 0.5) is 0 Å². The molecule has 0 aromatic carbocycles. The van der Waals surface area contributed by atoms with Gasteiger partial charge in [0.25, 0.3) is 0 Å². The fourth-order valence-electron chi connectivity index (χ4n) is 1.23. The minimum Gasteiger partial charge on any atom is -1.00 e. The van der Waals surface area contributed by atoms with Gasteiger partial charge in [-0.05, 0) is 12.8 Å². The monoisotopic (exact) mass is 244 g/mol. The van der Waals surface area contributed by atoms with Crippen LogP contribution in [-0.2, 0) is 4.74 Å². The van der Waals surface area contributed by atoms with Gasteiger partial charge in [0, 0.05) is 13.2 Å². The standard InChI is InChI=1S/C5H9.C4H8O.BrH.Mg/c2*1-2-4-5-3-1;;/h1H,2-5H2;1-4H2;1H;/q-1;;;+2/p-1. The molecule has 0 atom stereocenters. The third-order valence-corrected chi connectivity index (χ3v) is 1.89. The molecule has 2 aliphatic rings. The van der Waals surface area contributed by atoms with E-state index in [1.54, 1.807) is 0 Å². The van der Waals surface area contributed by atoms with Gasteiger partial charge < -0.3 is 28.1 Å². The second-order valence-electron chi connectivity index (χ2n) is 2.89. The van der Waals surface area contributed by atoms with Crippen LogP contribution in [0.5, 0.6) is 0 Å². The summed E-state index contributed by atoms with van der Waals surface area (Å²) in [6.45, 7) is 2.00. The average molecular weight is 245 g/mol. The summed E-state index contributed by atoms with van der Waals surface area (Å²) in [6.07, 6.45) is 10.6. The first-order valence-corrected chi connectivity index (χ1v) is 4.39. The Kier molecular flexibility index (Phi) is 15.9. The van der Waals surface area contributed by atoms with Crippen LogP contribution in [0.25, 0.3) is 0 Å². The molecule has 0 aromatic rings. The molecule has 1 nitrogen and oxygen atoms in total. The molecule has 0 unspecified atom stereocenters. The van der Waals surface area contributed by atoms with Crippen molar-refractivity contribution in [2.45, 2.75) is 38.5 Å². The minimum atomic E-state index is 0. The van der Waals surface area contributed by atoms with Gasteiger partial charge in [0.2, 0.25) is 0 Å². The second kappa shape index (κ2) is 12.2. The number of rotatable bonds is 0. The Labute approximate surface area is 103 Å². The van der Waals surface area contributed by atoms with Crippen molar-refractivity contribution in [3.05, 3.63) is 6.42 Å². The van der Waals surface area contributed by atoms with E-state index in [-0.39, 0.29) is 40.0 Å². The number of hydrogen-bond acceptors (Lipinski definition) is 1. The number of ether oxygens (including phenoxy) is 1. The average Bonchev–Trinajstić information content (AvgIpc) is 2.67. The Morgan fingerprint density at radius 2 is 1.33 bits per heavy atom. The Morgan fingerprint density at radius 3 is 1.50 bits per heavy atom. The van der Waals surface area contributed by atoms with Gasteiger partial charge in [0.05, 0.1) is 0 Å². The van der Waals surface area contributed by atoms with E-state index in [1.165, 1.54) is 38.5 Å². The summed E-state index contributed by atoms with van der Waals surface area (Å²) < 4.78 is 4.94. The maximum atomic E-state index is 4.94.